The van der Waals surface area contributed by atoms with Gasteiger partial charge in [-0.25, -0.2) is 0 Å². The van der Waals surface area contributed by atoms with E-state index in [1.807, 2.05) is 0 Å². The van der Waals surface area contributed by atoms with E-state index in [0.717, 1.165) is 6.16 Å². The van der Waals surface area contributed by atoms with Crippen molar-refractivity contribution in [3.63, 3.8) is 0 Å². The van der Waals surface area contributed by atoms with Crippen molar-refractivity contribution in [2.24, 2.45) is 0 Å². The second-order valence-electron chi connectivity index (χ2n) is 3.26. The van der Waals surface area contributed by atoms with Crippen LogP contribution in [0.1, 0.15) is 37.3 Å². The summed E-state index contributed by atoms with van der Waals surface area (Å²) in [7, 11) is 2.75. The van der Waals surface area contributed by atoms with E-state index >= 15 is 0 Å². The molecule has 0 aliphatic carbocycles. The Balaban J connectivity index is 2.77. The fraction of sp³-hybridized carbons (Fsp3) is 0.455. The van der Waals surface area contributed by atoms with Crippen LogP contribution in [0.5, 0.6) is 0 Å². The lowest BCUT2D eigenvalue weighted by atomic mass is 9.98. The monoisotopic (exact) mass is 180 g/mol. The molecule has 1 aromatic rings. The molecule has 0 aliphatic rings. The Kier molecular flexibility index (Phi) is 3.75. The first-order chi connectivity index (χ1) is 5.77. The molecule has 2 atom stereocenters. The van der Waals surface area contributed by atoms with Crippen LogP contribution in [0.4, 0.5) is 0 Å². The van der Waals surface area contributed by atoms with Crippen molar-refractivity contribution >= 4 is 9.24 Å². The van der Waals surface area contributed by atoms with Crippen molar-refractivity contribution in [3.05, 3.63) is 35.4 Å². The summed E-state index contributed by atoms with van der Waals surface area (Å²) in [5.74, 6) is 0.698. The molecule has 1 heteroatoms. The molecule has 0 N–H and O–H groups in total. The minimum absolute atomic E-state index is 0.698. The third-order valence-electron chi connectivity index (χ3n) is 2.40. The Morgan fingerprint density at radius 2 is 1.83 bits per heavy atom. The first-order valence-electron chi connectivity index (χ1n) is 4.56. The Hall–Kier alpha value is -0.350. The topological polar surface area (TPSA) is 0 Å². The second-order valence-corrected chi connectivity index (χ2v) is 3.66. The minimum atomic E-state index is 0.698. The molecular formula is C11H17P. The molecule has 2 unspecified atom stereocenters. The zero-order valence-electron chi connectivity index (χ0n) is 7.88. The molecule has 0 radical (unpaired) electrons. The zero-order chi connectivity index (χ0) is 8.97. The van der Waals surface area contributed by atoms with Gasteiger partial charge >= 0.3 is 0 Å². The Morgan fingerprint density at radius 3 is 2.25 bits per heavy atom. The Bertz CT molecular complexity index is 225. The number of hydrogen-bond donors (Lipinski definition) is 0. The first-order valence-corrected chi connectivity index (χ1v) is 5.38. The molecule has 0 saturated heterocycles. The number of rotatable bonds is 3. The molecular weight excluding hydrogens is 163 g/mol. The van der Waals surface area contributed by atoms with Gasteiger partial charge in [0.1, 0.15) is 0 Å². The van der Waals surface area contributed by atoms with Gasteiger partial charge in [0.05, 0.1) is 0 Å². The molecule has 0 amide bonds. The summed E-state index contributed by atoms with van der Waals surface area (Å²) in [6, 6.07) is 8.92. The minimum Gasteiger partial charge on any atom is -0.133 e. The normalized spacial score (nSPS) is 12.9. The smallest absolute Gasteiger partial charge is 0.0128 e. The van der Waals surface area contributed by atoms with Crippen molar-refractivity contribution in [1.29, 1.82) is 0 Å². The molecule has 0 aliphatic heterocycles. The van der Waals surface area contributed by atoms with Gasteiger partial charge in [-0.05, 0) is 29.6 Å². The molecule has 0 nitrogen and oxygen atoms in total. The first kappa shape index (κ1) is 9.74. The lowest BCUT2D eigenvalue weighted by Crippen LogP contribution is -1.90. The van der Waals surface area contributed by atoms with Crippen LogP contribution in [0.2, 0.25) is 0 Å². The summed E-state index contributed by atoms with van der Waals surface area (Å²) in [4.78, 5) is 0. The molecule has 0 heterocycles. The highest BCUT2D eigenvalue weighted by molar-refractivity contribution is 7.15. The lowest BCUT2D eigenvalue weighted by Gasteiger charge is -2.08. The van der Waals surface area contributed by atoms with E-state index in [1.54, 1.807) is 0 Å². The van der Waals surface area contributed by atoms with E-state index < -0.39 is 0 Å². The second kappa shape index (κ2) is 4.62. The van der Waals surface area contributed by atoms with Gasteiger partial charge in [0.25, 0.3) is 0 Å². The summed E-state index contributed by atoms with van der Waals surface area (Å²) < 4.78 is 0. The number of hydrogen-bond acceptors (Lipinski definition) is 0. The molecule has 0 fully saturated rings. The van der Waals surface area contributed by atoms with E-state index in [2.05, 4.69) is 47.4 Å². The predicted molar refractivity (Wildman–Crippen MR) is 58.6 cm³/mol. The van der Waals surface area contributed by atoms with Crippen LogP contribution < -0.4 is 0 Å². The van der Waals surface area contributed by atoms with Gasteiger partial charge in [0, 0.05) is 0 Å². The Morgan fingerprint density at radius 1 is 1.25 bits per heavy atom. The van der Waals surface area contributed by atoms with Crippen molar-refractivity contribution in [2.75, 3.05) is 0 Å². The van der Waals surface area contributed by atoms with E-state index in [4.69, 9.17) is 0 Å². The molecule has 66 valence electrons. The van der Waals surface area contributed by atoms with Crippen LogP contribution in [0, 0.1) is 0 Å². The van der Waals surface area contributed by atoms with Gasteiger partial charge in [0.2, 0.25) is 0 Å². The molecule has 1 rings (SSSR count). The molecule has 12 heavy (non-hydrogen) atoms. The zero-order valence-corrected chi connectivity index (χ0v) is 9.03. The fourth-order valence-corrected chi connectivity index (χ4v) is 1.49. The third kappa shape index (κ3) is 2.32. The van der Waals surface area contributed by atoms with Gasteiger partial charge in [0.15, 0.2) is 0 Å². The maximum absolute atomic E-state index is 2.75. The van der Waals surface area contributed by atoms with E-state index in [1.165, 1.54) is 17.5 Å². The highest BCUT2D eigenvalue weighted by atomic mass is 31.0. The average Bonchev–Trinajstić information content (AvgIpc) is 2.17. The maximum atomic E-state index is 2.75. The average molecular weight is 180 g/mol. The number of benzene rings is 1. The van der Waals surface area contributed by atoms with Gasteiger partial charge in [-0.2, -0.15) is 0 Å². The van der Waals surface area contributed by atoms with Crippen LogP contribution in [-0.2, 0) is 6.16 Å². The molecule has 0 bridgehead atoms. The summed E-state index contributed by atoms with van der Waals surface area (Å²) >= 11 is 0. The van der Waals surface area contributed by atoms with Gasteiger partial charge in [-0.1, -0.05) is 38.1 Å². The fourth-order valence-electron chi connectivity index (χ4n) is 1.22. The summed E-state index contributed by atoms with van der Waals surface area (Å²) in [5, 5.41) is 0. The molecule has 0 saturated carbocycles. The summed E-state index contributed by atoms with van der Waals surface area (Å²) in [6.07, 6.45) is 2.28. The quantitative estimate of drug-likeness (QED) is 0.624. The van der Waals surface area contributed by atoms with E-state index in [-0.39, 0.29) is 0 Å². The molecule has 0 aromatic heterocycles. The lowest BCUT2D eigenvalue weighted by molar-refractivity contribution is 0.733. The Labute approximate surface area is 77.6 Å². The summed E-state index contributed by atoms with van der Waals surface area (Å²) in [5.41, 5.74) is 2.85. The largest absolute Gasteiger partial charge is 0.133 e. The van der Waals surface area contributed by atoms with Crippen LogP contribution in [0.15, 0.2) is 24.3 Å². The maximum Gasteiger partial charge on any atom is -0.0128 e. The van der Waals surface area contributed by atoms with Gasteiger partial charge in [-0.15, -0.1) is 9.24 Å². The van der Waals surface area contributed by atoms with Crippen molar-refractivity contribution in [2.45, 2.75) is 32.3 Å². The van der Waals surface area contributed by atoms with Crippen LogP contribution in [-0.4, -0.2) is 0 Å². The predicted octanol–water partition coefficient (Wildman–Crippen LogP) is 3.58. The summed E-state index contributed by atoms with van der Waals surface area (Å²) in [6.45, 7) is 4.50. The van der Waals surface area contributed by atoms with Gasteiger partial charge < -0.3 is 0 Å². The van der Waals surface area contributed by atoms with Crippen LogP contribution in [0.25, 0.3) is 0 Å². The van der Waals surface area contributed by atoms with E-state index in [9.17, 15) is 0 Å². The third-order valence-corrected chi connectivity index (χ3v) is 2.87. The van der Waals surface area contributed by atoms with Crippen LogP contribution >= 0.6 is 9.24 Å². The molecule has 0 spiro atoms. The SMILES string of the molecule is CCC(C)c1ccc(CP)cc1. The standard InChI is InChI=1S/C11H17P/c1-3-9(2)11-6-4-10(8-12)5-7-11/h4-7,9H,3,8,12H2,1-2H3. The van der Waals surface area contributed by atoms with E-state index in [0.29, 0.717) is 5.92 Å². The highest BCUT2D eigenvalue weighted by Gasteiger charge is 2.00. The van der Waals surface area contributed by atoms with Crippen LogP contribution in [0.3, 0.4) is 0 Å². The van der Waals surface area contributed by atoms with Crippen molar-refractivity contribution in [3.8, 4) is 0 Å². The highest BCUT2D eigenvalue weighted by Crippen LogP contribution is 2.19. The molecule has 1 aromatic carbocycles. The van der Waals surface area contributed by atoms with Crippen molar-refractivity contribution in [1.82, 2.24) is 0 Å². The van der Waals surface area contributed by atoms with Crippen molar-refractivity contribution < 1.29 is 0 Å². The van der Waals surface area contributed by atoms with Gasteiger partial charge in [-0.3, -0.25) is 0 Å².